The highest BCUT2D eigenvalue weighted by molar-refractivity contribution is 7.89. The van der Waals surface area contributed by atoms with Gasteiger partial charge in [-0.3, -0.25) is 15.1 Å². The number of rotatable bonds is 7. The average Bonchev–Trinajstić information content (AvgIpc) is 3.03. The van der Waals surface area contributed by atoms with Crippen LogP contribution in [-0.4, -0.2) is 29.9 Å². The van der Waals surface area contributed by atoms with Crippen LogP contribution in [0.1, 0.15) is 10.6 Å². The second-order valence-corrected chi connectivity index (χ2v) is 8.52. The molecule has 0 unspecified atom stereocenters. The summed E-state index contributed by atoms with van der Waals surface area (Å²) in [5.74, 6) is 0. The minimum Gasteiger partial charge on any atom is -0.264 e. The Morgan fingerprint density at radius 2 is 2.07 bits per heavy atom. The minimum absolute atomic E-state index is 0.131. The van der Waals surface area contributed by atoms with Crippen molar-refractivity contribution in [2.75, 3.05) is 6.54 Å². The number of non-ortho nitro benzene ring substituents is 1. The van der Waals surface area contributed by atoms with Crippen molar-refractivity contribution in [2.24, 2.45) is 0 Å². The molecule has 3 aromatic rings. The predicted molar refractivity (Wildman–Crippen MR) is 102 cm³/mol. The molecule has 0 saturated carbocycles. The minimum atomic E-state index is -3.82. The van der Waals surface area contributed by atoms with Crippen LogP contribution < -0.4 is 4.72 Å². The molecular weight excluding hydrogens is 388 g/mol. The molecular formula is C17H16N4O4S2. The molecule has 0 radical (unpaired) electrons. The average molecular weight is 404 g/mol. The van der Waals surface area contributed by atoms with Gasteiger partial charge in [-0.25, -0.2) is 18.1 Å². The predicted octanol–water partition coefficient (Wildman–Crippen LogP) is 2.94. The zero-order chi connectivity index (χ0) is 19.4. The Labute approximate surface area is 160 Å². The Balaban J connectivity index is 1.68. The third-order valence-electron chi connectivity index (χ3n) is 3.78. The van der Waals surface area contributed by atoms with E-state index in [1.54, 1.807) is 12.4 Å². The van der Waals surface area contributed by atoms with Gasteiger partial charge in [0.25, 0.3) is 5.69 Å². The standard InChI is InChI=1S/C17H16N4O4S2/c1-12-16(26-17(20-12)13-4-3-8-18-11-13)7-9-19-27(24,25)15-6-2-5-14(10-15)21(22)23/h2-6,8,10-11,19H,7,9H2,1H3. The molecule has 1 aromatic carbocycles. The summed E-state index contributed by atoms with van der Waals surface area (Å²) in [5, 5.41) is 11.6. The maximum atomic E-state index is 12.4. The summed E-state index contributed by atoms with van der Waals surface area (Å²) in [4.78, 5) is 19.6. The summed E-state index contributed by atoms with van der Waals surface area (Å²) < 4.78 is 27.2. The van der Waals surface area contributed by atoms with Gasteiger partial charge in [0, 0.05) is 41.5 Å². The fraction of sp³-hybridized carbons (Fsp3) is 0.176. The Hall–Kier alpha value is -2.69. The van der Waals surface area contributed by atoms with Crippen LogP contribution in [0.4, 0.5) is 5.69 Å². The maximum Gasteiger partial charge on any atom is 0.270 e. The molecule has 140 valence electrons. The van der Waals surface area contributed by atoms with Crippen LogP contribution >= 0.6 is 11.3 Å². The lowest BCUT2D eigenvalue weighted by Gasteiger charge is -2.06. The highest BCUT2D eigenvalue weighted by Crippen LogP contribution is 2.27. The molecule has 0 amide bonds. The number of aryl methyl sites for hydroxylation is 1. The van der Waals surface area contributed by atoms with Crippen molar-refractivity contribution in [3.8, 4) is 10.6 Å². The quantitative estimate of drug-likeness (QED) is 0.478. The van der Waals surface area contributed by atoms with E-state index >= 15 is 0 Å². The molecule has 2 heterocycles. The van der Waals surface area contributed by atoms with E-state index in [2.05, 4.69) is 14.7 Å². The van der Waals surface area contributed by atoms with Gasteiger partial charge in [-0.1, -0.05) is 6.07 Å². The zero-order valence-corrected chi connectivity index (χ0v) is 16.0. The molecule has 3 rings (SSSR count). The number of hydrogen-bond acceptors (Lipinski definition) is 7. The second-order valence-electron chi connectivity index (χ2n) is 5.67. The van der Waals surface area contributed by atoms with Gasteiger partial charge >= 0.3 is 0 Å². The van der Waals surface area contributed by atoms with Gasteiger partial charge in [0.1, 0.15) is 5.01 Å². The van der Waals surface area contributed by atoms with Crippen LogP contribution in [0.15, 0.2) is 53.7 Å². The van der Waals surface area contributed by atoms with Gasteiger partial charge < -0.3 is 0 Å². The molecule has 8 nitrogen and oxygen atoms in total. The first-order valence-electron chi connectivity index (χ1n) is 7.97. The number of nitrogens with zero attached hydrogens (tertiary/aromatic N) is 3. The van der Waals surface area contributed by atoms with Crippen molar-refractivity contribution in [3.05, 3.63) is 69.5 Å². The Bertz CT molecular complexity index is 1070. The topological polar surface area (TPSA) is 115 Å². The first-order chi connectivity index (χ1) is 12.9. The smallest absolute Gasteiger partial charge is 0.264 e. The summed E-state index contributed by atoms with van der Waals surface area (Å²) in [6.07, 6.45) is 3.89. The van der Waals surface area contributed by atoms with Crippen molar-refractivity contribution >= 4 is 27.0 Å². The largest absolute Gasteiger partial charge is 0.270 e. The monoisotopic (exact) mass is 404 g/mol. The number of nitrogens with one attached hydrogen (secondary N) is 1. The van der Waals surface area contributed by atoms with E-state index < -0.39 is 14.9 Å². The van der Waals surface area contributed by atoms with E-state index in [4.69, 9.17) is 0 Å². The number of nitro groups is 1. The molecule has 2 aromatic heterocycles. The van der Waals surface area contributed by atoms with Gasteiger partial charge in [0.05, 0.1) is 15.5 Å². The van der Waals surface area contributed by atoms with E-state index in [9.17, 15) is 18.5 Å². The third-order valence-corrected chi connectivity index (χ3v) is 6.51. The van der Waals surface area contributed by atoms with Crippen molar-refractivity contribution in [2.45, 2.75) is 18.2 Å². The number of sulfonamides is 1. The number of nitro benzene ring substituents is 1. The highest BCUT2D eigenvalue weighted by atomic mass is 32.2. The Morgan fingerprint density at radius 3 is 2.78 bits per heavy atom. The SMILES string of the molecule is Cc1nc(-c2cccnc2)sc1CCNS(=O)(=O)c1cccc([N+](=O)[O-])c1. The van der Waals surface area contributed by atoms with Crippen molar-refractivity contribution in [1.29, 1.82) is 0 Å². The fourth-order valence-corrected chi connectivity index (χ4v) is 4.54. The summed E-state index contributed by atoms with van der Waals surface area (Å²) >= 11 is 1.49. The molecule has 27 heavy (non-hydrogen) atoms. The number of benzene rings is 1. The first kappa shape index (κ1) is 19.1. The summed E-state index contributed by atoms with van der Waals surface area (Å²) in [6.45, 7) is 2.04. The molecule has 0 fully saturated rings. The van der Waals surface area contributed by atoms with E-state index in [0.717, 1.165) is 27.2 Å². The lowest BCUT2D eigenvalue weighted by atomic mass is 10.3. The molecule has 0 aliphatic rings. The highest BCUT2D eigenvalue weighted by Gasteiger charge is 2.18. The Morgan fingerprint density at radius 1 is 1.26 bits per heavy atom. The first-order valence-corrected chi connectivity index (χ1v) is 10.3. The molecule has 0 atom stereocenters. The van der Waals surface area contributed by atoms with Crippen LogP contribution in [-0.2, 0) is 16.4 Å². The van der Waals surface area contributed by atoms with Crippen molar-refractivity contribution in [1.82, 2.24) is 14.7 Å². The lowest BCUT2D eigenvalue weighted by molar-refractivity contribution is -0.385. The van der Waals surface area contributed by atoms with E-state index in [1.165, 1.54) is 29.5 Å². The van der Waals surface area contributed by atoms with Gasteiger partial charge in [-0.05, 0) is 31.5 Å². The third kappa shape index (κ3) is 4.54. The number of aromatic nitrogens is 2. The second kappa shape index (κ2) is 7.91. The van der Waals surface area contributed by atoms with Gasteiger partial charge in [0.2, 0.25) is 10.0 Å². The van der Waals surface area contributed by atoms with Crippen molar-refractivity contribution < 1.29 is 13.3 Å². The summed E-state index contributed by atoms with van der Waals surface area (Å²) in [7, 11) is -3.82. The van der Waals surface area contributed by atoms with Gasteiger partial charge in [-0.15, -0.1) is 11.3 Å². The number of thiazole rings is 1. The molecule has 0 spiro atoms. The van der Waals surface area contributed by atoms with Crippen molar-refractivity contribution in [3.63, 3.8) is 0 Å². The van der Waals surface area contributed by atoms with Crippen LogP contribution in [0.3, 0.4) is 0 Å². The molecule has 0 bridgehead atoms. The Kier molecular flexibility index (Phi) is 5.59. The molecule has 0 aliphatic carbocycles. The summed E-state index contributed by atoms with van der Waals surface area (Å²) in [6, 6.07) is 8.72. The molecule has 0 saturated heterocycles. The van der Waals surface area contributed by atoms with Crippen LogP contribution in [0.2, 0.25) is 0 Å². The fourth-order valence-electron chi connectivity index (χ4n) is 2.42. The van der Waals surface area contributed by atoms with Crippen LogP contribution in [0, 0.1) is 17.0 Å². The normalized spacial score (nSPS) is 11.4. The molecule has 0 aliphatic heterocycles. The maximum absolute atomic E-state index is 12.4. The van der Waals surface area contributed by atoms with E-state index in [0.29, 0.717) is 6.42 Å². The lowest BCUT2D eigenvalue weighted by Crippen LogP contribution is -2.26. The van der Waals surface area contributed by atoms with E-state index in [1.807, 2.05) is 19.1 Å². The van der Waals surface area contributed by atoms with E-state index in [-0.39, 0.29) is 17.1 Å². The van der Waals surface area contributed by atoms with Gasteiger partial charge in [-0.2, -0.15) is 0 Å². The zero-order valence-electron chi connectivity index (χ0n) is 14.3. The number of pyridine rings is 1. The molecule has 1 N–H and O–H groups in total. The van der Waals surface area contributed by atoms with Gasteiger partial charge in [0.15, 0.2) is 0 Å². The van der Waals surface area contributed by atoms with Crippen LogP contribution in [0.5, 0.6) is 0 Å². The molecule has 10 heteroatoms. The number of hydrogen-bond donors (Lipinski definition) is 1. The summed E-state index contributed by atoms with van der Waals surface area (Å²) in [5.41, 5.74) is 1.49. The van der Waals surface area contributed by atoms with Crippen LogP contribution in [0.25, 0.3) is 10.6 Å².